The molecule has 0 saturated carbocycles. The lowest BCUT2D eigenvalue weighted by Crippen LogP contribution is -2.24. The smallest absolute Gasteiger partial charge is 0.123 e. The second-order valence-corrected chi connectivity index (χ2v) is 7.27. The highest BCUT2D eigenvalue weighted by molar-refractivity contribution is 7.99. The van der Waals surface area contributed by atoms with Crippen molar-refractivity contribution in [3.05, 3.63) is 51.5 Å². The zero-order valence-corrected chi connectivity index (χ0v) is 12.4. The normalized spacial score (nSPS) is 18.3. The van der Waals surface area contributed by atoms with Crippen LogP contribution >= 0.6 is 23.1 Å². The van der Waals surface area contributed by atoms with Crippen LogP contribution in [0.4, 0.5) is 4.39 Å². The van der Waals surface area contributed by atoms with Crippen LogP contribution in [0.5, 0.6) is 0 Å². The zero-order valence-electron chi connectivity index (χ0n) is 10.8. The molecule has 1 N–H and O–H groups in total. The molecule has 0 spiro atoms. The number of thiophene rings is 1. The van der Waals surface area contributed by atoms with Crippen LogP contribution in [0.3, 0.4) is 0 Å². The number of hydrogen-bond donors (Lipinski definition) is 1. The van der Waals surface area contributed by atoms with Gasteiger partial charge in [-0.25, -0.2) is 4.39 Å². The first-order valence-corrected chi connectivity index (χ1v) is 8.23. The Hall–Kier alpha value is -0.840. The van der Waals surface area contributed by atoms with Gasteiger partial charge in [0.25, 0.3) is 0 Å². The van der Waals surface area contributed by atoms with E-state index in [9.17, 15) is 4.39 Å². The van der Waals surface area contributed by atoms with Gasteiger partial charge in [0.1, 0.15) is 5.82 Å². The highest BCUT2D eigenvalue weighted by atomic mass is 32.2. The van der Waals surface area contributed by atoms with Gasteiger partial charge in [-0.05, 0) is 55.0 Å². The van der Waals surface area contributed by atoms with Crippen molar-refractivity contribution in [1.29, 1.82) is 0 Å². The molecule has 2 heterocycles. The Bertz CT molecular complexity index is 579. The van der Waals surface area contributed by atoms with Crippen LogP contribution in [0.2, 0.25) is 0 Å². The third-order valence-electron chi connectivity index (χ3n) is 3.33. The van der Waals surface area contributed by atoms with E-state index in [-0.39, 0.29) is 11.9 Å². The van der Waals surface area contributed by atoms with E-state index in [1.165, 1.54) is 14.6 Å². The van der Waals surface area contributed by atoms with Crippen molar-refractivity contribution in [3.8, 4) is 0 Å². The number of rotatable bonds is 3. The van der Waals surface area contributed by atoms with Crippen molar-refractivity contribution < 1.29 is 4.39 Å². The Morgan fingerprint density at radius 3 is 3.00 bits per heavy atom. The van der Waals surface area contributed by atoms with Gasteiger partial charge in [-0.2, -0.15) is 0 Å². The lowest BCUT2D eigenvalue weighted by Gasteiger charge is -2.26. The minimum absolute atomic E-state index is 0.139. The zero-order chi connectivity index (χ0) is 13.2. The van der Waals surface area contributed by atoms with Crippen molar-refractivity contribution in [1.82, 2.24) is 5.32 Å². The summed E-state index contributed by atoms with van der Waals surface area (Å²) in [5.74, 6) is 0.958. The van der Waals surface area contributed by atoms with Gasteiger partial charge in [0.05, 0.1) is 0 Å². The molecule has 100 valence electrons. The van der Waals surface area contributed by atoms with Gasteiger partial charge in [0.15, 0.2) is 0 Å². The lowest BCUT2D eigenvalue weighted by atomic mass is 10.0. The first-order chi connectivity index (χ1) is 9.22. The van der Waals surface area contributed by atoms with E-state index in [1.807, 2.05) is 29.2 Å². The summed E-state index contributed by atoms with van der Waals surface area (Å²) >= 11 is 3.64. The highest BCUT2D eigenvalue weighted by Crippen LogP contribution is 2.36. The maximum absolute atomic E-state index is 13.4. The number of benzene rings is 1. The van der Waals surface area contributed by atoms with E-state index < -0.39 is 0 Å². The monoisotopic (exact) mass is 293 g/mol. The van der Waals surface area contributed by atoms with Gasteiger partial charge < -0.3 is 5.32 Å². The summed E-state index contributed by atoms with van der Waals surface area (Å²) in [7, 11) is 0. The molecule has 4 heteroatoms. The molecule has 1 aromatic carbocycles. The molecule has 0 saturated heterocycles. The molecule has 0 bridgehead atoms. The van der Waals surface area contributed by atoms with Crippen molar-refractivity contribution in [2.24, 2.45) is 0 Å². The molecule has 1 unspecified atom stereocenters. The molecule has 0 amide bonds. The predicted molar refractivity (Wildman–Crippen MR) is 80.4 cm³/mol. The number of thioether (sulfide) groups is 1. The van der Waals surface area contributed by atoms with E-state index in [1.54, 1.807) is 12.1 Å². The van der Waals surface area contributed by atoms with Gasteiger partial charge in [-0.1, -0.05) is 0 Å². The second-order valence-electron chi connectivity index (χ2n) is 4.77. The van der Waals surface area contributed by atoms with Crippen LogP contribution in [0.15, 0.2) is 35.2 Å². The number of aryl methyl sites for hydroxylation is 1. The van der Waals surface area contributed by atoms with E-state index in [0.717, 1.165) is 24.3 Å². The SMILES string of the molecule is Cc1ccc(CNC2CCSc3ccc(F)cc32)s1. The summed E-state index contributed by atoms with van der Waals surface area (Å²) in [6, 6.07) is 9.71. The molecule has 1 nitrogen and oxygen atoms in total. The second kappa shape index (κ2) is 5.65. The van der Waals surface area contributed by atoms with Crippen LogP contribution < -0.4 is 5.32 Å². The fourth-order valence-corrected chi connectivity index (χ4v) is 4.33. The Morgan fingerprint density at radius 2 is 2.21 bits per heavy atom. The summed E-state index contributed by atoms with van der Waals surface area (Å²) in [6.07, 6.45) is 1.06. The van der Waals surface area contributed by atoms with Crippen molar-refractivity contribution in [2.45, 2.75) is 30.8 Å². The summed E-state index contributed by atoms with van der Waals surface area (Å²) in [5, 5.41) is 3.57. The molecule has 0 aliphatic carbocycles. The van der Waals surface area contributed by atoms with Crippen molar-refractivity contribution >= 4 is 23.1 Å². The van der Waals surface area contributed by atoms with Gasteiger partial charge in [0, 0.05) is 27.2 Å². The van der Waals surface area contributed by atoms with Gasteiger partial charge >= 0.3 is 0 Å². The maximum Gasteiger partial charge on any atom is 0.123 e. The van der Waals surface area contributed by atoms with Crippen LogP contribution in [0, 0.1) is 12.7 Å². The Balaban J connectivity index is 1.74. The number of nitrogens with one attached hydrogen (secondary N) is 1. The third kappa shape index (κ3) is 3.02. The number of fused-ring (bicyclic) bond motifs is 1. The predicted octanol–water partition coefficient (Wildman–Crippen LogP) is 4.52. The summed E-state index contributed by atoms with van der Waals surface area (Å²) in [4.78, 5) is 3.89. The Kier molecular flexibility index (Phi) is 3.91. The Morgan fingerprint density at radius 1 is 1.32 bits per heavy atom. The number of hydrogen-bond acceptors (Lipinski definition) is 3. The summed E-state index contributed by atoms with van der Waals surface area (Å²) in [6.45, 7) is 2.99. The molecule has 0 fully saturated rings. The molecule has 1 aliphatic rings. The quantitative estimate of drug-likeness (QED) is 0.893. The average Bonchev–Trinajstić information content (AvgIpc) is 2.82. The van der Waals surface area contributed by atoms with Crippen LogP contribution in [-0.4, -0.2) is 5.75 Å². The van der Waals surface area contributed by atoms with Crippen molar-refractivity contribution in [2.75, 3.05) is 5.75 Å². The van der Waals surface area contributed by atoms with Gasteiger partial charge in [-0.15, -0.1) is 23.1 Å². The fraction of sp³-hybridized carbons (Fsp3) is 0.333. The lowest BCUT2D eigenvalue weighted by molar-refractivity contribution is 0.507. The largest absolute Gasteiger partial charge is 0.305 e. The minimum Gasteiger partial charge on any atom is -0.305 e. The fourth-order valence-electron chi connectivity index (χ4n) is 2.38. The first-order valence-electron chi connectivity index (χ1n) is 6.43. The van der Waals surface area contributed by atoms with Crippen LogP contribution in [-0.2, 0) is 6.54 Å². The van der Waals surface area contributed by atoms with Crippen LogP contribution in [0.1, 0.15) is 27.8 Å². The van der Waals surface area contributed by atoms with Gasteiger partial charge in [-0.3, -0.25) is 0 Å². The molecular weight excluding hydrogens is 277 g/mol. The molecule has 19 heavy (non-hydrogen) atoms. The molecule has 1 aliphatic heterocycles. The van der Waals surface area contributed by atoms with Crippen LogP contribution in [0.25, 0.3) is 0 Å². The molecule has 3 rings (SSSR count). The van der Waals surface area contributed by atoms with Gasteiger partial charge in [0.2, 0.25) is 0 Å². The standard InChI is InChI=1S/C15H16FNS2/c1-10-2-4-12(19-10)9-17-14-6-7-18-15-5-3-11(16)8-13(14)15/h2-5,8,14,17H,6-7,9H2,1H3. The summed E-state index contributed by atoms with van der Waals surface area (Å²) < 4.78 is 13.4. The van der Waals surface area contributed by atoms with E-state index >= 15 is 0 Å². The third-order valence-corrected chi connectivity index (χ3v) is 5.45. The molecule has 1 aromatic heterocycles. The molecule has 2 aromatic rings. The molecular formula is C15H16FNS2. The summed E-state index contributed by atoms with van der Waals surface area (Å²) in [5.41, 5.74) is 1.12. The average molecular weight is 293 g/mol. The highest BCUT2D eigenvalue weighted by Gasteiger charge is 2.20. The first kappa shape index (κ1) is 13.2. The topological polar surface area (TPSA) is 12.0 Å². The Labute approximate surface area is 121 Å². The molecule has 1 atom stereocenters. The number of halogens is 1. The van der Waals surface area contributed by atoms with E-state index in [4.69, 9.17) is 0 Å². The van der Waals surface area contributed by atoms with E-state index in [2.05, 4.69) is 24.4 Å². The minimum atomic E-state index is -0.139. The van der Waals surface area contributed by atoms with E-state index in [0.29, 0.717) is 0 Å². The molecule has 0 radical (unpaired) electrons. The van der Waals surface area contributed by atoms with Crippen molar-refractivity contribution in [3.63, 3.8) is 0 Å². The maximum atomic E-state index is 13.4.